The second-order valence-corrected chi connectivity index (χ2v) is 5.43. The molecule has 0 bridgehead atoms. The fraction of sp³-hybridized carbons (Fsp3) is 0.111. The Balaban J connectivity index is 2.29. The van der Waals surface area contributed by atoms with E-state index in [-0.39, 0.29) is 28.6 Å². The van der Waals surface area contributed by atoms with Crippen LogP contribution in [0.25, 0.3) is 12.2 Å². The van der Waals surface area contributed by atoms with Gasteiger partial charge >= 0.3 is 5.97 Å². The molecule has 2 rings (SSSR count). The third-order valence-corrected chi connectivity index (χ3v) is 3.57. The van der Waals surface area contributed by atoms with Gasteiger partial charge in [0.1, 0.15) is 5.82 Å². The highest BCUT2D eigenvalue weighted by molar-refractivity contribution is 6.30. The summed E-state index contributed by atoms with van der Waals surface area (Å²) >= 11 is 5.72. The molecule has 2 N–H and O–H groups in total. The van der Waals surface area contributed by atoms with Crippen molar-refractivity contribution in [2.24, 2.45) is 0 Å². The Bertz CT molecular complexity index is 818. The number of hydrogen-bond donors (Lipinski definition) is 2. The minimum Gasteiger partial charge on any atom is -0.478 e. The lowest BCUT2D eigenvalue weighted by Crippen LogP contribution is -2.13. The number of anilines is 1. The Morgan fingerprint density at radius 2 is 1.79 bits per heavy atom. The van der Waals surface area contributed by atoms with Gasteiger partial charge in [0.2, 0.25) is 5.91 Å². The predicted molar refractivity (Wildman–Crippen MR) is 92.7 cm³/mol. The molecule has 0 aliphatic rings. The topological polar surface area (TPSA) is 66.4 Å². The Labute approximate surface area is 143 Å². The molecule has 0 radical (unpaired) electrons. The highest BCUT2D eigenvalue weighted by Gasteiger charge is 2.12. The van der Waals surface area contributed by atoms with Crippen molar-refractivity contribution in [3.63, 3.8) is 0 Å². The molecule has 0 unspecified atom stereocenters. The maximum atomic E-state index is 13.1. The molecule has 4 nitrogen and oxygen atoms in total. The van der Waals surface area contributed by atoms with Crippen molar-refractivity contribution < 1.29 is 19.1 Å². The van der Waals surface area contributed by atoms with Crippen molar-refractivity contribution in [1.82, 2.24) is 0 Å². The zero-order valence-electron chi connectivity index (χ0n) is 12.8. The molecule has 24 heavy (non-hydrogen) atoms. The summed E-state index contributed by atoms with van der Waals surface area (Å²) in [5.74, 6) is -1.90. The largest absolute Gasteiger partial charge is 0.478 e. The number of benzene rings is 2. The number of nitrogens with one attached hydrogen (secondary N) is 1. The van der Waals surface area contributed by atoms with E-state index in [2.05, 4.69) is 5.32 Å². The Morgan fingerprint density at radius 3 is 2.38 bits per heavy atom. The number of aromatic carboxylic acids is 1. The minimum absolute atomic E-state index is 0.00362. The molecular formula is C18H15ClFNO3. The van der Waals surface area contributed by atoms with Gasteiger partial charge in [-0.15, -0.1) is 0 Å². The van der Waals surface area contributed by atoms with Gasteiger partial charge in [-0.05, 0) is 35.4 Å². The predicted octanol–water partition coefficient (Wildman–Crippen LogP) is 4.70. The van der Waals surface area contributed by atoms with Crippen LogP contribution < -0.4 is 5.32 Å². The summed E-state index contributed by atoms with van der Waals surface area (Å²) in [5, 5.41) is 11.9. The molecule has 0 atom stereocenters. The fourth-order valence-corrected chi connectivity index (χ4v) is 2.19. The zero-order valence-corrected chi connectivity index (χ0v) is 13.6. The SMILES string of the molecule is CCC(=O)Nc1ccc(C=Cc2ccc(F)c(Cl)c2)cc1C(=O)O. The van der Waals surface area contributed by atoms with E-state index in [1.807, 2.05) is 0 Å². The number of halogens is 2. The molecule has 0 saturated heterocycles. The molecule has 2 aromatic rings. The number of rotatable bonds is 5. The molecule has 0 aliphatic carbocycles. The number of carbonyl (C=O) groups is 2. The van der Waals surface area contributed by atoms with Crippen LogP contribution in [0.5, 0.6) is 0 Å². The van der Waals surface area contributed by atoms with Gasteiger partial charge in [-0.1, -0.05) is 42.8 Å². The summed E-state index contributed by atoms with van der Waals surface area (Å²) < 4.78 is 13.1. The second kappa shape index (κ2) is 7.75. The first kappa shape index (κ1) is 17.7. The van der Waals surface area contributed by atoms with Crippen molar-refractivity contribution in [3.05, 3.63) is 63.9 Å². The van der Waals surface area contributed by atoms with E-state index in [4.69, 9.17) is 11.6 Å². The maximum Gasteiger partial charge on any atom is 0.337 e. The fourth-order valence-electron chi connectivity index (χ4n) is 2.00. The van der Waals surface area contributed by atoms with Crippen molar-refractivity contribution in [2.45, 2.75) is 13.3 Å². The molecule has 2 aromatic carbocycles. The lowest BCUT2D eigenvalue weighted by Gasteiger charge is -2.08. The molecule has 0 aliphatic heterocycles. The Morgan fingerprint density at radius 1 is 1.17 bits per heavy atom. The van der Waals surface area contributed by atoms with Crippen LogP contribution in [-0.4, -0.2) is 17.0 Å². The van der Waals surface area contributed by atoms with Gasteiger partial charge in [-0.3, -0.25) is 4.79 Å². The Hall–Kier alpha value is -2.66. The number of amides is 1. The summed E-state index contributed by atoms with van der Waals surface area (Å²) in [6.07, 6.45) is 3.63. The number of carbonyl (C=O) groups excluding carboxylic acids is 1. The molecule has 1 amide bonds. The zero-order chi connectivity index (χ0) is 17.7. The molecular weight excluding hydrogens is 333 g/mol. The van der Waals surface area contributed by atoms with Gasteiger partial charge in [0.05, 0.1) is 16.3 Å². The van der Waals surface area contributed by atoms with E-state index in [9.17, 15) is 19.1 Å². The first-order valence-corrected chi connectivity index (χ1v) is 7.59. The van der Waals surface area contributed by atoms with E-state index >= 15 is 0 Å². The van der Waals surface area contributed by atoms with Crippen LogP contribution in [0.2, 0.25) is 5.02 Å². The number of carboxylic acid groups (broad SMARTS) is 1. The van der Waals surface area contributed by atoms with Crippen molar-refractivity contribution >= 4 is 41.3 Å². The average Bonchev–Trinajstić information content (AvgIpc) is 2.56. The summed E-state index contributed by atoms with van der Waals surface area (Å²) in [5.41, 5.74) is 1.55. The van der Waals surface area contributed by atoms with E-state index in [0.29, 0.717) is 11.1 Å². The first-order chi connectivity index (χ1) is 11.4. The van der Waals surface area contributed by atoms with Gasteiger partial charge in [-0.25, -0.2) is 9.18 Å². The minimum atomic E-state index is -1.14. The number of hydrogen-bond acceptors (Lipinski definition) is 2. The molecule has 0 aromatic heterocycles. The summed E-state index contributed by atoms with van der Waals surface area (Å²) in [7, 11) is 0. The van der Waals surface area contributed by atoms with Crippen LogP contribution >= 0.6 is 11.6 Å². The third-order valence-electron chi connectivity index (χ3n) is 3.28. The smallest absolute Gasteiger partial charge is 0.337 e. The third kappa shape index (κ3) is 4.43. The van der Waals surface area contributed by atoms with E-state index < -0.39 is 11.8 Å². The Kier molecular flexibility index (Phi) is 5.71. The van der Waals surface area contributed by atoms with Gasteiger partial charge < -0.3 is 10.4 Å². The van der Waals surface area contributed by atoms with Crippen LogP contribution in [0.3, 0.4) is 0 Å². The molecule has 0 fully saturated rings. The lowest BCUT2D eigenvalue weighted by molar-refractivity contribution is -0.115. The summed E-state index contributed by atoms with van der Waals surface area (Å²) in [4.78, 5) is 22.8. The average molecular weight is 348 g/mol. The van der Waals surface area contributed by atoms with Crippen molar-refractivity contribution in [1.29, 1.82) is 0 Å². The molecule has 0 spiro atoms. The highest BCUT2D eigenvalue weighted by Crippen LogP contribution is 2.21. The molecule has 6 heteroatoms. The summed E-state index contributed by atoms with van der Waals surface area (Å²) in [6.45, 7) is 1.68. The summed E-state index contributed by atoms with van der Waals surface area (Å²) in [6, 6.07) is 8.96. The van der Waals surface area contributed by atoms with E-state index in [0.717, 1.165) is 0 Å². The lowest BCUT2D eigenvalue weighted by atomic mass is 10.1. The highest BCUT2D eigenvalue weighted by atomic mass is 35.5. The van der Waals surface area contributed by atoms with Gasteiger partial charge in [0, 0.05) is 6.42 Å². The van der Waals surface area contributed by atoms with Gasteiger partial charge in [0.25, 0.3) is 0 Å². The van der Waals surface area contributed by atoms with Gasteiger partial charge in [-0.2, -0.15) is 0 Å². The van der Waals surface area contributed by atoms with Crippen LogP contribution in [0.1, 0.15) is 34.8 Å². The van der Waals surface area contributed by atoms with Crippen molar-refractivity contribution in [2.75, 3.05) is 5.32 Å². The van der Waals surface area contributed by atoms with Crippen LogP contribution in [0.4, 0.5) is 10.1 Å². The van der Waals surface area contributed by atoms with Crippen molar-refractivity contribution in [3.8, 4) is 0 Å². The van der Waals surface area contributed by atoms with Crippen LogP contribution in [-0.2, 0) is 4.79 Å². The normalized spacial score (nSPS) is 10.8. The van der Waals surface area contributed by atoms with Crippen LogP contribution in [0.15, 0.2) is 36.4 Å². The quantitative estimate of drug-likeness (QED) is 0.771. The second-order valence-electron chi connectivity index (χ2n) is 5.02. The van der Waals surface area contributed by atoms with Gasteiger partial charge in [0.15, 0.2) is 0 Å². The maximum absolute atomic E-state index is 13.1. The number of carboxylic acids is 1. The molecule has 124 valence electrons. The van der Waals surface area contributed by atoms with E-state index in [1.165, 1.54) is 24.3 Å². The molecule has 0 saturated carbocycles. The first-order valence-electron chi connectivity index (χ1n) is 7.21. The van der Waals surface area contributed by atoms with Crippen LogP contribution in [0, 0.1) is 5.82 Å². The standard InChI is InChI=1S/C18H15ClFNO3/c1-2-17(22)21-16-8-6-11(9-13(16)18(23)24)3-4-12-5-7-15(20)14(19)10-12/h3-10H,2H2,1H3,(H,21,22)(H,23,24). The monoisotopic (exact) mass is 347 g/mol. The molecule has 0 heterocycles. The van der Waals surface area contributed by atoms with E-state index in [1.54, 1.807) is 31.2 Å².